The third-order valence-electron chi connectivity index (χ3n) is 6.95. The van der Waals surface area contributed by atoms with Gasteiger partial charge in [0, 0.05) is 34.1 Å². The Morgan fingerprint density at radius 2 is 1.88 bits per heavy atom. The van der Waals surface area contributed by atoms with Crippen LogP contribution in [0.2, 0.25) is 0 Å². The van der Waals surface area contributed by atoms with Crippen molar-refractivity contribution in [3.8, 4) is 17.0 Å². The number of phenolic OH excluding ortho intramolecular Hbond substituents is 1. The van der Waals surface area contributed by atoms with Gasteiger partial charge in [-0.1, -0.05) is 15.9 Å². The lowest BCUT2D eigenvalue weighted by molar-refractivity contribution is -0.147. The van der Waals surface area contributed by atoms with Crippen LogP contribution in [0.25, 0.3) is 17.0 Å². The Balaban J connectivity index is 1.71. The molecule has 1 fully saturated rings. The summed E-state index contributed by atoms with van der Waals surface area (Å²) in [6, 6.07) is 6.58. The molecular weight excluding hydrogens is 508 g/mol. The zero-order valence-corrected chi connectivity index (χ0v) is 19.2. The van der Waals surface area contributed by atoms with Gasteiger partial charge in [0.25, 0.3) is 5.91 Å². The van der Waals surface area contributed by atoms with Gasteiger partial charge in [0.15, 0.2) is 11.4 Å². The van der Waals surface area contributed by atoms with Gasteiger partial charge in [-0.05, 0) is 48.6 Å². The number of nitrogens with two attached hydrogens (primary N) is 1. The van der Waals surface area contributed by atoms with Crippen LogP contribution in [0.3, 0.4) is 0 Å². The summed E-state index contributed by atoms with van der Waals surface area (Å²) in [6.07, 6.45) is 1.53. The van der Waals surface area contributed by atoms with Crippen LogP contribution in [0.4, 0.5) is 0 Å². The molecule has 5 rings (SSSR count). The summed E-state index contributed by atoms with van der Waals surface area (Å²) in [4.78, 5) is 42.0. The number of ketones is 2. The second-order valence-corrected chi connectivity index (χ2v) is 9.67. The van der Waals surface area contributed by atoms with Crippen LogP contribution in [0.5, 0.6) is 5.75 Å². The smallest absolute Gasteiger partial charge is 0.255 e. The molecule has 3 aliphatic carbocycles. The van der Waals surface area contributed by atoms with Crippen molar-refractivity contribution in [2.45, 2.75) is 24.9 Å². The largest absolute Gasteiger partial charge is 0.508 e. The topological polar surface area (TPSA) is 171 Å². The molecule has 9 nitrogen and oxygen atoms in total. The number of phenols is 1. The maximum absolute atomic E-state index is 13.5. The monoisotopic (exact) mass is 526 g/mol. The van der Waals surface area contributed by atoms with Crippen LogP contribution in [0.15, 0.2) is 51.8 Å². The van der Waals surface area contributed by atoms with Gasteiger partial charge >= 0.3 is 0 Å². The second-order valence-electron chi connectivity index (χ2n) is 8.75. The molecule has 0 radical (unpaired) electrons. The van der Waals surface area contributed by atoms with E-state index in [0.29, 0.717) is 16.8 Å². The molecule has 3 aliphatic rings. The first-order valence-corrected chi connectivity index (χ1v) is 11.3. The molecule has 0 saturated heterocycles. The standard InChI is InChI=1S/C24H19BrN2O7/c25-11-3-4-27-14(8-11)12-1-2-15(28)18-13(12)6-9-5-10-7-16(29)19(23(26)33)22(32)24(10,34)21(31)17(9)20(18)30/h1-4,8-10,28,30,32,34H,5-7H2,(H2,26,33)/t9-,10+,24+/m1/s1. The first kappa shape index (κ1) is 22.3. The van der Waals surface area contributed by atoms with E-state index in [-0.39, 0.29) is 36.1 Å². The van der Waals surface area contributed by atoms with Crippen molar-refractivity contribution in [2.24, 2.45) is 17.6 Å². The molecule has 1 amide bonds. The minimum absolute atomic E-state index is 0.0337. The molecule has 0 bridgehead atoms. The van der Waals surface area contributed by atoms with E-state index in [1.54, 1.807) is 24.4 Å². The van der Waals surface area contributed by atoms with Gasteiger partial charge in [0.05, 0.1) is 11.3 Å². The number of halogens is 1. The van der Waals surface area contributed by atoms with Gasteiger partial charge in [-0.15, -0.1) is 0 Å². The minimum atomic E-state index is -2.57. The number of fused-ring (bicyclic) bond motifs is 3. The molecule has 34 heavy (non-hydrogen) atoms. The highest BCUT2D eigenvalue weighted by Crippen LogP contribution is 2.52. The van der Waals surface area contributed by atoms with E-state index in [2.05, 4.69) is 20.9 Å². The summed E-state index contributed by atoms with van der Waals surface area (Å²) in [5, 5.41) is 43.6. The fraction of sp³-hybridized carbons (Fsp3) is 0.250. The van der Waals surface area contributed by atoms with Crippen LogP contribution in [-0.2, 0) is 20.8 Å². The average molecular weight is 527 g/mol. The van der Waals surface area contributed by atoms with Crippen molar-refractivity contribution >= 4 is 39.2 Å². The van der Waals surface area contributed by atoms with E-state index in [4.69, 9.17) is 5.73 Å². The normalized spacial score (nSPS) is 26.2. The average Bonchev–Trinajstić information content (AvgIpc) is 2.76. The molecule has 174 valence electrons. The van der Waals surface area contributed by atoms with E-state index in [1.807, 2.05) is 0 Å². The number of aliphatic hydroxyl groups is 3. The molecule has 3 atom stereocenters. The molecular formula is C24H19BrN2O7. The molecule has 1 aromatic carbocycles. The summed E-state index contributed by atoms with van der Waals surface area (Å²) in [7, 11) is 0. The molecule has 2 aromatic rings. The van der Waals surface area contributed by atoms with E-state index in [0.717, 1.165) is 4.47 Å². The Morgan fingerprint density at radius 3 is 2.56 bits per heavy atom. The lowest BCUT2D eigenvalue weighted by atomic mass is 9.59. The van der Waals surface area contributed by atoms with Crippen molar-refractivity contribution in [1.82, 2.24) is 4.98 Å². The number of carbonyl (C=O) groups is 3. The Bertz CT molecular complexity index is 1380. The highest BCUT2D eigenvalue weighted by atomic mass is 79.9. The number of carbonyl (C=O) groups excluding carboxylic acids is 3. The second kappa shape index (κ2) is 7.51. The van der Waals surface area contributed by atoms with Crippen LogP contribution < -0.4 is 5.73 Å². The number of aromatic nitrogens is 1. The Kier molecular flexibility index (Phi) is 4.92. The number of aliphatic hydroxyl groups excluding tert-OH is 2. The number of primary amides is 1. The quantitative estimate of drug-likeness (QED) is 0.370. The van der Waals surface area contributed by atoms with E-state index in [9.17, 15) is 34.8 Å². The Hall–Kier alpha value is -3.50. The summed E-state index contributed by atoms with van der Waals surface area (Å²) >= 11 is 3.40. The molecule has 10 heteroatoms. The molecule has 1 aromatic heterocycles. The number of hydrogen-bond acceptors (Lipinski definition) is 8. The zero-order valence-electron chi connectivity index (χ0n) is 17.6. The fourth-order valence-corrected chi connectivity index (χ4v) is 5.75. The highest BCUT2D eigenvalue weighted by Gasteiger charge is 2.60. The summed E-state index contributed by atoms with van der Waals surface area (Å²) in [6.45, 7) is 0. The number of hydrogen-bond donors (Lipinski definition) is 5. The first-order chi connectivity index (χ1) is 16.1. The molecule has 6 N–H and O–H groups in total. The fourth-order valence-electron chi connectivity index (χ4n) is 5.41. The lowest BCUT2D eigenvalue weighted by Gasteiger charge is -2.46. The Labute approximate surface area is 201 Å². The predicted molar refractivity (Wildman–Crippen MR) is 122 cm³/mol. The van der Waals surface area contributed by atoms with E-state index in [1.165, 1.54) is 6.07 Å². The van der Waals surface area contributed by atoms with E-state index < -0.39 is 52.0 Å². The van der Waals surface area contributed by atoms with Gasteiger partial charge in [0.2, 0.25) is 5.78 Å². The van der Waals surface area contributed by atoms with Crippen LogP contribution >= 0.6 is 15.9 Å². The summed E-state index contributed by atoms with van der Waals surface area (Å²) in [5.74, 6) is -6.52. The highest BCUT2D eigenvalue weighted by molar-refractivity contribution is 9.10. The predicted octanol–water partition coefficient (Wildman–Crippen LogP) is 2.25. The minimum Gasteiger partial charge on any atom is -0.508 e. The maximum Gasteiger partial charge on any atom is 0.255 e. The molecule has 0 spiro atoms. The lowest BCUT2D eigenvalue weighted by Crippen LogP contribution is -2.58. The first-order valence-electron chi connectivity index (χ1n) is 10.5. The number of amides is 1. The molecule has 0 aliphatic heterocycles. The molecule has 1 heterocycles. The van der Waals surface area contributed by atoms with Gasteiger partial charge < -0.3 is 26.2 Å². The van der Waals surface area contributed by atoms with Crippen LogP contribution in [0, 0.1) is 11.8 Å². The third kappa shape index (κ3) is 2.95. The van der Waals surface area contributed by atoms with Crippen molar-refractivity contribution in [3.05, 3.63) is 63.0 Å². The zero-order chi connectivity index (χ0) is 24.5. The van der Waals surface area contributed by atoms with Gasteiger partial charge in [-0.2, -0.15) is 0 Å². The number of Topliss-reactive ketones (excluding diaryl/α,β-unsaturated/α-hetero) is 2. The summed E-state index contributed by atoms with van der Waals surface area (Å²) in [5.41, 5.74) is 3.46. The van der Waals surface area contributed by atoms with Crippen LogP contribution in [0.1, 0.15) is 24.0 Å². The number of rotatable bonds is 2. The number of aromatic hydroxyl groups is 1. The maximum atomic E-state index is 13.5. The van der Waals surface area contributed by atoms with E-state index >= 15 is 0 Å². The van der Waals surface area contributed by atoms with Gasteiger partial charge in [-0.25, -0.2) is 0 Å². The summed E-state index contributed by atoms with van der Waals surface area (Å²) < 4.78 is 0.779. The Morgan fingerprint density at radius 1 is 1.15 bits per heavy atom. The number of benzene rings is 1. The van der Waals surface area contributed by atoms with Gasteiger partial charge in [-0.3, -0.25) is 19.4 Å². The van der Waals surface area contributed by atoms with Crippen molar-refractivity contribution in [3.63, 3.8) is 0 Å². The third-order valence-corrected chi connectivity index (χ3v) is 7.44. The van der Waals surface area contributed by atoms with Crippen molar-refractivity contribution in [2.75, 3.05) is 0 Å². The molecule has 1 saturated carbocycles. The number of nitrogens with zero attached hydrogens (tertiary/aromatic N) is 1. The van der Waals surface area contributed by atoms with Crippen LogP contribution in [-0.4, -0.2) is 48.5 Å². The SMILES string of the molecule is NC(=O)C1=C(O)[C@@]2(O)C(=O)C3=C(O)c4c(O)ccc(-c5cc(Br)ccn5)c4C[C@H]3C[C@H]2CC1=O. The van der Waals surface area contributed by atoms with Crippen molar-refractivity contribution < 1.29 is 34.8 Å². The van der Waals surface area contributed by atoms with Gasteiger partial charge in [0.1, 0.15) is 22.8 Å². The molecule has 0 unspecified atom stereocenters. The number of pyridine rings is 1. The van der Waals surface area contributed by atoms with Crippen molar-refractivity contribution in [1.29, 1.82) is 0 Å².